The monoisotopic (exact) mass is 231 g/mol. The van der Waals surface area contributed by atoms with E-state index >= 15 is 0 Å². The van der Waals surface area contributed by atoms with E-state index in [9.17, 15) is 5.11 Å². The summed E-state index contributed by atoms with van der Waals surface area (Å²) in [6.45, 7) is 2.32. The summed E-state index contributed by atoms with van der Waals surface area (Å²) in [5.41, 5.74) is 7.42. The molecule has 1 heterocycles. The van der Waals surface area contributed by atoms with Crippen molar-refractivity contribution in [2.24, 2.45) is 5.73 Å². The third kappa shape index (κ3) is 2.38. The maximum Gasteiger partial charge on any atom is 0.0842 e. The van der Waals surface area contributed by atoms with Crippen molar-refractivity contribution in [2.75, 3.05) is 6.61 Å². The summed E-state index contributed by atoms with van der Waals surface area (Å²) in [6.07, 6.45) is 1.73. The second-order valence-corrected chi connectivity index (χ2v) is 4.31. The second kappa shape index (κ2) is 4.69. The number of aryl methyl sites for hydroxylation is 1. The van der Waals surface area contributed by atoms with Gasteiger partial charge >= 0.3 is 0 Å². The fraction of sp³-hybridized carbons (Fsp3) is 0.308. The maximum absolute atomic E-state index is 9.56. The van der Waals surface area contributed by atoms with Crippen LogP contribution in [0, 0.1) is 6.92 Å². The summed E-state index contributed by atoms with van der Waals surface area (Å²) >= 11 is 0. The fourth-order valence-electron chi connectivity index (χ4n) is 1.83. The van der Waals surface area contributed by atoms with Crippen molar-refractivity contribution in [2.45, 2.75) is 19.0 Å². The van der Waals surface area contributed by atoms with Crippen molar-refractivity contribution in [1.29, 1.82) is 0 Å². The number of hydrogen-bond donors (Lipinski definition) is 2. The molecule has 0 aliphatic rings. The predicted octanol–water partition coefficient (Wildman–Crippen LogP) is 1.04. The first-order valence-corrected chi connectivity index (χ1v) is 5.59. The molecule has 2 rings (SSSR count). The Hall–Kier alpha value is -1.65. The molecule has 1 unspecified atom stereocenters. The first-order valence-electron chi connectivity index (χ1n) is 5.59. The number of benzene rings is 1. The predicted molar refractivity (Wildman–Crippen MR) is 66.4 cm³/mol. The lowest BCUT2D eigenvalue weighted by molar-refractivity contribution is 0.174. The van der Waals surface area contributed by atoms with E-state index in [2.05, 4.69) is 5.10 Å². The molecule has 0 fully saturated rings. The zero-order valence-corrected chi connectivity index (χ0v) is 9.87. The van der Waals surface area contributed by atoms with Crippen LogP contribution in [0.3, 0.4) is 0 Å². The molecule has 1 aromatic carbocycles. The number of aliphatic hydroxyl groups excluding tert-OH is 1. The number of aliphatic hydroxyl groups is 1. The van der Waals surface area contributed by atoms with Gasteiger partial charge in [-0.05, 0) is 18.6 Å². The third-order valence-electron chi connectivity index (χ3n) is 2.99. The Balaban J connectivity index is 2.30. The highest BCUT2D eigenvalue weighted by Crippen LogP contribution is 2.20. The van der Waals surface area contributed by atoms with Gasteiger partial charge < -0.3 is 10.8 Å². The summed E-state index contributed by atoms with van der Waals surface area (Å²) < 4.78 is 1.81. The quantitative estimate of drug-likeness (QED) is 0.826. The molecule has 3 N–H and O–H groups in total. The highest BCUT2D eigenvalue weighted by atomic mass is 16.3. The summed E-state index contributed by atoms with van der Waals surface area (Å²) in [5.74, 6) is 0. The van der Waals surface area contributed by atoms with Crippen LogP contribution < -0.4 is 5.73 Å². The van der Waals surface area contributed by atoms with Crippen LogP contribution in [0.5, 0.6) is 0 Å². The van der Waals surface area contributed by atoms with Crippen molar-refractivity contribution < 1.29 is 5.11 Å². The second-order valence-electron chi connectivity index (χ2n) is 4.31. The largest absolute Gasteiger partial charge is 0.394 e. The van der Waals surface area contributed by atoms with Gasteiger partial charge in [0, 0.05) is 11.9 Å². The molecular formula is C13H17N3O. The lowest BCUT2D eigenvalue weighted by Crippen LogP contribution is -2.45. The Kier molecular flexibility index (Phi) is 3.26. The number of hydrogen-bond acceptors (Lipinski definition) is 3. The number of nitrogens with zero attached hydrogens (tertiary/aromatic N) is 2. The highest BCUT2D eigenvalue weighted by molar-refractivity contribution is 5.24. The van der Waals surface area contributed by atoms with Gasteiger partial charge in [0.25, 0.3) is 0 Å². The van der Waals surface area contributed by atoms with Gasteiger partial charge in [0.1, 0.15) is 0 Å². The first kappa shape index (κ1) is 11.8. The zero-order chi connectivity index (χ0) is 12.3. The molecule has 0 spiro atoms. The summed E-state index contributed by atoms with van der Waals surface area (Å²) in [7, 11) is 0. The minimum Gasteiger partial charge on any atom is -0.394 e. The Bertz CT molecular complexity index is 480. The lowest BCUT2D eigenvalue weighted by atomic mass is 9.92. The SMILES string of the molecule is Cc1ccnn1CC(N)(CO)c1ccccc1. The van der Waals surface area contributed by atoms with E-state index in [1.807, 2.05) is 48.0 Å². The number of aromatic nitrogens is 2. The molecule has 1 atom stereocenters. The van der Waals surface area contributed by atoms with Crippen molar-refractivity contribution in [3.63, 3.8) is 0 Å². The molecule has 0 radical (unpaired) electrons. The Morgan fingerprint density at radius 3 is 2.53 bits per heavy atom. The van der Waals surface area contributed by atoms with Gasteiger partial charge in [0.15, 0.2) is 0 Å². The maximum atomic E-state index is 9.56. The summed E-state index contributed by atoms with van der Waals surface area (Å²) in [5, 5.41) is 13.8. The van der Waals surface area contributed by atoms with E-state index < -0.39 is 5.54 Å². The van der Waals surface area contributed by atoms with Crippen LogP contribution >= 0.6 is 0 Å². The zero-order valence-electron chi connectivity index (χ0n) is 9.87. The minimum absolute atomic E-state index is 0.115. The number of nitrogens with two attached hydrogens (primary N) is 1. The summed E-state index contributed by atoms with van der Waals surface area (Å²) in [4.78, 5) is 0. The molecule has 0 saturated heterocycles. The molecule has 2 aromatic rings. The van der Waals surface area contributed by atoms with E-state index in [0.29, 0.717) is 6.54 Å². The lowest BCUT2D eigenvalue weighted by Gasteiger charge is -2.28. The van der Waals surface area contributed by atoms with Gasteiger partial charge in [0.05, 0.1) is 18.7 Å². The van der Waals surface area contributed by atoms with E-state index in [4.69, 9.17) is 5.73 Å². The molecule has 90 valence electrons. The average Bonchev–Trinajstić information content (AvgIpc) is 2.76. The van der Waals surface area contributed by atoms with Gasteiger partial charge in [-0.15, -0.1) is 0 Å². The Labute approximate surface area is 101 Å². The van der Waals surface area contributed by atoms with E-state index in [1.165, 1.54) is 0 Å². The molecule has 4 heteroatoms. The van der Waals surface area contributed by atoms with Crippen molar-refractivity contribution >= 4 is 0 Å². The first-order chi connectivity index (χ1) is 8.15. The van der Waals surface area contributed by atoms with Crippen LogP contribution in [0.25, 0.3) is 0 Å². The van der Waals surface area contributed by atoms with Crippen LogP contribution in [0.1, 0.15) is 11.3 Å². The van der Waals surface area contributed by atoms with Gasteiger partial charge in [0.2, 0.25) is 0 Å². The fourth-order valence-corrected chi connectivity index (χ4v) is 1.83. The van der Waals surface area contributed by atoms with Gasteiger partial charge in [-0.1, -0.05) is 30.3 Å². The number of rotatable bonds is 4. The van der Waals surface area contributed by atoms with Gasteiger partial charge in [-0.3, -0.25) is 4.68 Å². The van der Waals surface area contributed by atoms with Crippen LogP contribution in [0.4, 0.5) is 0 Å². The van der Waals surface area contributed by atoms with Crippen LogP contribution in [0.15, 0.2) is 42.6 Å². The third-order valence-corrected chi connectivity index (χ3v) is 2.99. The van der Waals surface area contributed by atoms with Gasteiger partial charge in [-0.25, -0.2) is 0 Å². The molecule has 17 heavy (non-hydrogen) atoms. The molecule has 0 aliphatic heterocycles. The normalized spacial score (nSPS) is 14.5. The van der Waals surface area contributed by atoms with E-state index in [1.54, 1.807) is 6.20 Å². The van der Waals surface area contributed by atoms with Gasteiger partial charge in [-0.2, -0.15) is 5.10 Å². The van der Waals surface area contributed by atoms with Crippen LogP contribution in [0.2, 0.25) is 0 Å². The molecule has 0 aliphatic carbocycles. The van der Waals surface area contributed by atoms with Crippen LogP contribution in [-0.2, 0) is 12.1 Å². The van der Waals surface area contributed by atoms with Crippen molar-refractivity contribution in [3.05, 3.63) is 53.9 Å². The Morgan fingerprint density at radius 1 is 1.29 bits per heavy atom. The van der Waals surface area contributed by atoms with Crippen molar-refractivity contribution in [1.82, 2.24) is 9.78 Å². The topological polar surface area (TPSA) is 64.1 Å². The smallest absolute Gasteiger partial charge is 0.0842 e. The van der Waals surface area contributed by atoms with Crippen molar-refractivity contribution in [3.8, 4) is 0 Å². The summed E-state index contributed by atoms with van der Waals surface area (Å²) in [6, 6.07) is 11.5. The average molecular weight is 231 g/mol. The molecule has 4 nitrogen and oxygen atoms in total. The minimum atomic E-state index is -0.794. The van der Waals surface area contributed by atoms with Crippen LogP contribution in [-0.4, -0.2) is 21.5 Å². The standard InChI is InChI=1S/C13H17N3O/c1-11-7-8-15-16(11)9-13(14,10-17)12-5-3-2-4-6-12/h2-8,17H,9-10,14H2,1H3. The molecule has 1 aromatic heterocycles. The molecule has 0 amide bonds. The van der Waals surface area contributed by atoms with E-state index in [0.717, 1.165) is 11.3 Å². The highest BCUT2D eigenvalue weighted by Gasteiger charge is 2.27. The molecule has 0 saturated carbocycles. The Morgan fingerprint density at radius 2 is 2.00 bits per heavy atom. The molecular weight excluding hydrogens is 214 g/mol. The van der Waals surface area contributed by atoms with E-state index in [-0.39, 0.29) is 6.61 Å². The molecule has 0 bridgehead atoms.